The second-order valence-corrected chi connectivity index (χ2v) is 5.44. The third-order valence-corrected chi connectivity index (χ3v) is 3.80. The zero-order chi connectivity index (χ0) is 12.4. The fraction of sp³-hybridized carbons (Fsp3) is 0.417. The van der Waals surface area contributed by atoms with E-state index in [4.69, 9.17) is 5.73 Å². The lowest BCUT2D eigenvalue weighted by Gasteiger charge is -2.31. The largest absolute Gasteiger partial charge is 0.337 e. The first-order valence-electron chi connectivity index (χ1n) is 5.58. The van der Waals surface area contributed by atoms with Gasteiger partial charge in [-0.25, -0.2) is 4.39 Å². The summed E-state index contributed by atoms with van der Waals surface area (Å²) in [6.07, 6.45) is 1.90. The van der Waals surface area contributed by atoms with Crippen LogP contribution in [0.25, 0.3) is 0 Å². The molecule has 0 aliphatic carbocycles. The molecule has 0 unspecified atom stereocenters. The highest BCUT2D eigenvalue weighted by atomic mass is 127. The van der Waals surface area contributed by atoms with Crippen molar-refractivity contribution in [1.82, 2.24) is 4.90 Å². The zero-order valence-electron chi connectivity index (χ0n) is 9.33. The molecule has 1 amide bonds. The summed E-state index contributed by atoms with van der Waals surface area (Å²) in [5.41, 5.74) is 6.40. The standard InChI is InChI=1S/C12H14FIN2O/c13-8-3-4-10(11(14)6-8)12(17)16-5-1-2-9(15)7-16/h3-4,6,9H,1-2,5,7,15H2/t9-/m1/s1. The van der Waals surface area contributed by atoms with Crippen molar-refractivity contribution in [2.75, 3.05) is 13.1 Å². The summed E-state index contributed by atoms with van der Waals surface area (Å²) in [6.45, 7) is 1.33. The van der Waals surface area contributed by atoms with Crippen molar-refractivity contribution in [2.45, 2.75) is 18.9 Å². The smallest absolute Gasteiger partial charge is 0.254 e. The first-order chi connectivity index (χ1) is 8.08. The molecule has 0 saturated carbocycles. The molecular weight excluding hydrogens is 334 g/mol. The number of amides is 1. The average Bonchev–Trinajstić information content (AvgIpc) is 2.28. The maximum Gasteiger partial charge on any atom is 0.254 e. The summed E-state index contributed by atoms with van der Waals surface area (Å²) in [4.78, 5) is 14.0. The highest BCUT2D eigenvalue weighted by molar-refractivity contribution is 14.1. The van der Waals surface area contributed by atoms with Crippen LogP contribution < -0.4 is 5.73 Å². The number of halogens is 2. The number of nitrogens with two attached hydrogens (primary N) is 1. The van der Waals surface area contributed by atoms with E-state index in [1.807, 2.05) is 22.6 Å². The molecule has 1 aromatic rings. The van der Waals surface area contributed by atoms with Crippen LogP contribution >= 0.6 is 22.6 Å². The molecule has 1 saturated heterocycles. The van der Waals surface area contributed by atoms with Gasteiger partial charge in [-0.3, -0.25) is 4.79 Å². The quantitative estimate of drug-likeness (QED) is 0.789. The number of hydrogen-bond acceptors (Lipinski definition) is 2. The predicted molar refractivity (Wildman–Crippen MR) is 72.2 cm³/mol. The third-order valence-electron chi connectivity index (χ3n) is 2.91. The first kappa shape index (κ1) is 12.8. The van der Waals surface area contributed by atoms with Crippen molar-refractivity contribution in [2.24, 2.45) is 5.73 Å². The molecule has 1 aromatic carbocycles. The molecule has 0 spiro atoms. The van der Waals surface area contributed by atoms with Crippen LogP contribution in [0.1, 0.15) is 23.2 Å². The zero-order valence-corrected chi connectivity index (χ0v) is 11.5. The van der Waals surface area contributed by atoms with Gasteiger partial charge in [-0.2, -0.15) is 0 Å². The molecule has 2 rings (SSSR count). The van der Waals surface area contributed by atoms with Crippen LogP contribution in [0.2, 0.25) is 0 Å². The van der Waals surface area contributed by atoms with Crippen LogP contribution in [-0.4, -0.2) is 29.9 Å². The molecule has 0 bridgehead atoms. The van der Waals surface area contributed by atoms with Crippen LogP contribution in [0, 0.1) is 9.39 Å². The van der Waals surface area contributed by atoms with E-state index in [2.05, 4.69) is 0 Å². The Morgan fingerprint density at radius 1 is 1.53 bits per heavy atom. The average molecular weight is 348 g/mol. The molecule has 1 aliphatic heterocycles. The molecule has 1 aliphatic rings. The predicted octanol–water partition coefficient (Wildman–Crippen LogP) is 1.99. The van der Waals surface area contributed by atoms with Crippen LogP contribution in [-0.2, 0) is 0 Å². The van der Waals surface area contributed by atoms with Crippen molar-refractivity contribution in [3.8, 4) is 0 Å². The Labute approximate surface area is 113 Å². The Hall–Kier alpha value is -0.690. The lowest BCUT2D eigenvalue weighted by molar-refractivity contribution is 0.0707. The Kier molecular flexibility index (Phi) is 3.98. The lowest BCUT2D eigenvalue weighted by Crippen LogP contribution is -2.45. The van der Waals surface area contributed by atoms with E-state index in [0.717, 1.165) is 19.4 Å². The van der Waals surface area contributed by atoms with Crippen molar-refractivity contribution in [1.29, 1.82) is 0 Å². The fourth-order valence-electron chi connectivity index (χ4n) is 2.03. The number of nitrogens with zero attached hydrogens (tertiary/aromatic N) is 1. The molecule has 17 heavy (non-hydrogen) atoms. The summed E-state index contributed by atoms with van der Waals surface area (Å²) in [5.74, 6) is -0.370. The Morgan fingerprint density at radius 3 is 2.94 bits per heavy atom. The van der Waals surface area contributed by atoms with E-state index < -0.39 is 0 Å². The molecule has 0 aromatic heterocycles. The minimum atomic E-state index is -0.318. The Balaban J connectivity index is 2.18. The first-order valence-corrected chi connectivity index (χ1v) is 6.65. The molecule has 2 N–H and O–H groups in total. The van der Waals surface area contributed by atoms with Gasteiger partial charge in [-0.05, 0) is 53.6 Å². The number of piperidine rings is 1. The van der Waals surface area contributed by atoms with E-state index in [9.17, 15) is 9.18 Å². The SMILES string of the molecule is N[C@@H]1CCCN(C(=O)c2ccc(F)cc2I)C1. The highest BCUT2D eigenvalue weighted by Gasteiger charge is 2.23. The van der Waals surface area contributed by atoms with Crippen molar-refractivity contribution < 1.29 is 9.18 Å². The summed E-state index contributed by atoms with van der Waals surface area (Å²) in [7, 11) is 0. The summed E-state index contributed by atoms with van der Waals surface area (Å²) in [5, 5.41) is 0. The molecule has 3 nitrogen and oxygen atoms in total. The number of rotatable bonds is 1. The van der Waals surface area contributed by atoms with Gasteiger partial charge in [0.05, 0.1) is 5.56 Å². The molecular formula is C12H14FIN2O. The van der Waals surface area contributed by atoms with Crippen LogP contribution in [0.5, 0.6) is 0 Å². The van der Waals surface area contributed by atoms with Crippen LogP contribution in [0.3, 0.4) is 0 Å². The minimum absolute atomic E-state index is 0.0513. The Morgan fingerprint density at radius 2 is 2.29 bits per heavy atom. The van der Waals surface area contributed by atoms with E-state index in [0.29, 0.717) is 15.7 Å². The van der Waals surface area contributed by atoms with Gasteiger partial charge in [0.1, 0.15) is 5.82 Å². The number of hydrogen-bond donors (Lipinski definition) is 1. The second-order valence-electron chi connectivity index (χ2n) is 4.28. The molecule has 1 fully saturated rings. The highest BCUT2D eigenvalue weighted by Crippen LogP contribution is 2.18. The third kappa shape index (κ3) is 2.95. The normalized spacial score (nSPS) is 20.4. The second kappa shape index (κ2) is 5.30. The van der Waals surface area contributed by atoms with Crippen LogP contribution in [0.4, 0.5) is 4.39 Å². The number of benzene rings is 1. The van der Waals surface area contributed by atoms with Crippen molar-refractivity contribution in [3.05, 3.63) is 33.1 Å². The summed E-state index contributed by atoms with van der Waals surface area (Å²) < 4.78 is 13.6. The van der Waals surface area contributed by atoms with Gasteiger partial charge in [0, 0.05) is 22.7 Å². The number of carbonyl (C=O) groups is 1. The fourth-order valence-corrected chi connectivity index (χ4v) is 2.74. The minimum Gasteiger partial charge on any atom is -0.337 e. The molecule has 1 atom stereocenters. The molecule has 1 heterocycles. The van der Waals surface area contributed by atoms with Crippen molar-refractivity contribution >= 4 is 28.5 Å². The number of carbonyl (C=O) groups excluding carboxylic acids is 1. The van der Waals surface area contributed by atoms with Crippen LogP contribution in [0.15, 0.2) is 18.2 Å². The molecule has 92 valence electrons. The maximum absolute atomic E-state index is 13.0. The van der Waals surface area contributed by atoms with Gasteiger partial charge in [0.2, 0.25) is 0 Å². The number of likely N-dealkylation sites (tertiary alicyclic amines) is 1. The molecule has 5 heteroatoms. The van der Waals surface area contributed by atoms with Gasteiger partial charge < -0.3 is 10.6 Å². The van der Waals surface area contributed by atoms with Crippen molar-refractivity contribution in [3.63, 3.8) is 0 Å². The van der Waals surface area contributed by atoms with Gasteiger partial charge >= 0.3 is 0 Å². The Bertz CT molecular complexity index is 439. The molecule has 0 radical (unpaired) electrons. The van der Waals surface area contributed by atoms with E-state index in [1.165, 1.54) is 12.1 Å². The topological polar surface area (TPSA) is 46.3 Å². The maximum atomic E-state index is 13.0. The van der Waals surface area contributed by atoms with Gasteiger partial charge in [0.15, 0.2) is 0 Å². The van der Waals surface area contributed by atoms with Gasteiger partial charge in [-0.1, -0.05) is 0 Å². The van der Waals surface area contributed by atoms with E-state index >= 15 is 0 Å². The lowest BCUT2D eigenvalue weighted by atomic mass is 10.1. The van der Waals surface area contributed by atoms with Gasteiger partial charge in [0.25, 0.3) is 5.91 Å². The van der Waals surface area contributed by atoms with E-state index in [1.54, 1.807) is 11.0 Å². The van der Waals surface area contributed by atoms with Gasteiger partial charge in [-0.15, -0.1) is 0 Å². The monoisotopic (exact) mass is 348 g/mol. The summed E-state index contributed by atoms with van der Waals surface area (Å²) >= 11 is 1.98. The van der Waals surface area contributed by atoms with E-state index in [-0.39, 0.29) is 17.8 Å². The summed E-state index contributed by atoms with van der Waals surface area (Å²) in [6, 6.07) is 4.29.